The van der Waals surface area contributed by atoms with E-state index in [0.29, 0.717) is 0 Å². The third kappa shape index (κ3) is 2.98. The predicted octanol–water partition coefficient (Wildman–Crippen LogP) is 10.6. The number of thiophene rings is 2. The first kappa shape index (κ1) is 21.4. The Bertz CT molecular complexity index is 2390. The van der Waals surface area contributed by atoms with E-state index in [2.05, 4.69) is 119 Å². The quantitative estimate of drug-likeness (QED) is 0.216. The molecule has 0 aliphatic carbocycles. The normalized spacial score (nSPS) is 12.1. The number of para-hydroxylation sites is 1. The number of fused-ring (bicyclic) bond motifs is 11. The summed E-state index contributed by atoms with van der Waals surface area (Å²) in [5.74, 6) is 0. The molecule has 0 aliphatic rings. The molecule has 0 saturated heterocycles. The van der Waals surface area contributed by atoms with Gasteiger partial charge in [0.25, 0.3) is 0 Å². The van der Waals surface area contributed by atoms with Gasteiger partial charge in [-0.1, -0.05) is 60.7 Å². The second kappa shape index (κ2) is 8.00. The van der Waals surface area contributed by atoms with Crippen molar-refractivity contribution in [2.24, 2.45) is 0 Å². The molecule has 39 heavy (non-hydrogen) atoms. The van der Waals surface area contributed by atoms with Gasteiger partial charge in [0.15, 0.2) is 0 Å². The van der Waals surface area contributed by atoms with Crippen LogP contribution in [0.15, 0.2) is 122 Å². The van der Waals surface area contributed by atoms with Gasteiger partial charge in [-0.05, 0) is 59.7 Å². The molecule has 0 spiro atoms. The van der Waals surface area contributed by atoms with Crippen LogP contribution in [0.3, 0.4) is 0 Å². The first-order chi connectivity index (χ1) is 19.3. The number of aromatic nitrogens is 2. The smallest absolute Gasteiger partial charge is 0.0555 e. The Morgan fingerprint density at radius 2 is 1.26 bits per heavy atom. The van der Waals surface area contributed by atoms with Gasteiger partial charge in [-0.3, -0.25) is 4.98 Å². The highest BCUT2D eigenvalue weighted by atomic mass is 32.1. The van der Waals surface area contributed by atoms with E-state index < -0.39 is 0 Å². The van der Waals surface area contributed by atoms with E-state index in [4.69, 9.17) is 0 Å². The molecule has 0 amide bonds. The first-order valence-corrected chi connectivity index (χ1v) is 14.7. The number of hydrogen-bond acceptors (Lipinski definition) is 3. The van der Waals surface area contributed by atoms with Crippen LogP contribution in [0.1, 0.15) is 0 Å². The van der Waals surface area contributed by atoms with Crippen molar-refractivity contribution in [3.63, 3.8) is 0 Å². The lowest BCUT2D eigenvalue weighted by Crippen LogP contribution is -1.94. The Hall–Kier alpha value is -4.51. The summed E-state index contributed by atoms with van der Waals surface area (Å²) < 4.78 is 7.90. The predicted molar refractivity (Wildman–Crippen MR) is 170 cm³/mol. The van der Waals surface area contributed by atoms with Crippen LogP contribution in [0.25, 0.3) is 79.0 Å². The molecule has 4 heterocycles. The fourth-order valence-electron chi connectivity index (χ4n) is 6.20. The van der Waals surface area contributed by atoms with Gasteiger partial charge in [-0.15, -0.1) is 22.7 Å². The molecular weight excluding hydrogens is 513 g/mol. The van der Waals surface area contributed by atoms with Gasteiger partial charge in [0, 0.05) is 69.2 Å². The Balaban J connectivity index is 1.40. The molecule has 0 unspecified atom stereocenters. The number of benzene rings is 5. The van der Waals surface area contributed by atoms with Crippen molar-refractivity contribution in [1.82, 2.24) is 9.55 Å². The lowest BCUT2D eigenvalue weighted by molar-refractivity contribution is 1.18. The van der Waals surface area contributed by atoms with Crippen molar-refractivity contribution in [2.45, 2.75) is 0 Å². The zero-order valence-corrected chi connectivity index (χ0v) is 22.4. The largest absolute Gasteiger partial charge is 0.309 e. The van der Waals surface area contributed by atoms with E-state index in [1.807, 2.05) is 35.1 Å². The topological polar surface area (TPSA) is 17.8 Å². The lowest BCUT2D eigenvalue weighted by Gasteiger charge is -2.10. The maximum absolute atomic E-state index is 4.20. The summed E-state index contributed by atoms with van der Waals surface area (Å²) in [6.07, 6.45) is 3.71. The molecule has 0 radical (unpaired) electrons. The molecule has 0 N–H and O–H groups in total. The summed E-state index contributed by atoms with van der Waals surface area (Å²) in [4.78, 5) is 4.20. The van der Waals surface area contributed by atoms with E-state index in [9.17, 15) is 0 Å². The van der Waals surface area contributed by atoms with E-state index in [0.717, 1.165) is 0 Å². The number of pyridine rings is 1. The zero-order valence-electron chi connectivity index (χ0n) is 20.8. The average Bonchev–Trinajstić information content (AvgIpc) is 3.66. The van der Waals surface area contributed by atoms with E-state index in [1.165, 1.54) is 79.0 Å². The van der Waals surface area contributed by atoms with Gasteiger partial charge in [-0.25, -0.2) is 0 Å². The van der Waals surface area contributed by atoms with Crippen molar-refractivity contribution in [1.29, 1.82) is 0 Å². The van der Waals surface area contributed by atoms with Gasteiger partial charge in [0.2, 0.25) is 0 Å². The summed E-state index contributed by atoms with van der Waals surface area (Å²) in [6.45, 7) is 0. The molecule has 0 atom stereocenters. The molecule has 5 aromatic carbocycles. The minimum absolute atomic E-state index is 1.17. The van der Waals surface area contributed by atoms with Crippen LogP contribution >= 0.6 is 22.7 Å². The highest BCUT2D eigenvalue weighted by Gasteiger charge is 2.19. The minimum Gasteiger partial charge on any atom is -0.309 e. The standard InChI is InChI=1S/C35H20N2S2/c1-3-10-28-26(8-1)32-29(37(28)23-7-5-6-22(20-23)21-16-18-36-19-17-21)14-12-24-25-13-15-31-33(35(25)39-34(24)32)27-9-2-4-11-30(27)38-31/h1-20H. The van der Waals surface area contributed by atoms with Crippen molar-refractivity contribution in [3.05, 3.63) is 122 Å². The van der Waals surface area contributed by atoms with Crippen LogP contribution in [0, 0.1) is 0 Å². The number of rotatable bonds is 2. The molecule has 182 valence electrons. The molecule has 9 rings (SSSR count). The first-order valence-electron chi connectivity index (χ1n) is 13.0. The van der Waals surface area contributed by atoms with E-state index >= 15 is 0 Å². The van der Waals surface area contributed by atoms with Crippen molar-refractivity contribution in [2.75, 3.05) is 0 Å². The fourth-order valence-corrected chi connectivity index (χ4v) is 8.80. The fraction of sp³-hybridized carbons (Fsp3) is 0. The van der Waals surface area contributed by atoms with Crippen LogP contribution in [0.5, 0.6) is 0 Å². The maximum Gasteiger partial charge on any atom is 0.0555 e. The lowest BCUT2D eigenvalue weighted by atomic mass is 10.1. The average molecular weight is 533 g/mol. The molecule has 0 saturated carbocycles. The van der Waals surface area contributed by atoms with Gasteiger partial charge in [-0.2, -0.15) is 0 Å². The van der Waals surface area contributed by atoms with Crippen LogP contribution in [0.2, 0.25) is 0 Å². The minimum atomic E-state index is 1.17. The monoisotopic (exact) mass is 532 g/mol. The van der Waals surface area contributed by atoms with Crippen molar-refractivity contribution >= 4 is 84.8 Å². The molecule has 9 aromatic rings. The third-order valence-corrected chi connectivity index (χ3v) is 10.3. The molecule has 2 nitrogen and oxygen atoms in total. The number of hydrogen-bond donors (Lipinski definition) is 0. The van der Waals surface area contributed by atoms with Gasteiger partial charge < -0.3 is 4.57 Å². The molecule has 0 fully saturated rings. The summed E-state index contributed by atoms with van der Waals surface area (Å²) in [6, 6.07) is 39.9. The summed E-state index contributed by atoms with van der Waals surface area (Å²) in [7, 11) is 0. The van der Waals surface area contributed by atoms with E-state index in [-0.39, 0.29) is 0 Å². The van der Waals surface area contributed by atoms with Crippen LogP contribution in [0.4, 0.5) is 0 Å². The SMILES string of the molecule is c1cc(-c2ccncc2)cc(-n2c3ccccc3c3c4sc5c(ccc6sc7ccccc7c65)c4ccc32)c1. The molecule has 4 heteroatoms. The van der Waals surface area contributed by atoms with Crippen LogP contribution < -0.4 is 0 Å². The second-order valence-electron chi connectivity index (χ2n) is 9.99. The Kier molecular flexibility index (Phi) is 4.39. The highest BCUT2D eigenvalue weighted by molar-refractivity contribution is 7.30. The molecule has 0 bridgehead atoms. The second-order valence-corrected chi connectivity index (χ2v) is 12.1. The van der Waals surface area contributed by atoms with Crippen molar-refractivity contribution in [3.8, 4) is 16.8 Å². The third-order valence-electron chi connectivity index (χ3n) is 7.90. The zero-order chi connectivity index (χ0) is 25.5. The van der Waals surface area contributed by atoms with Crippen molar-refractivity contribution < 1.29 is 0 Å². The summed E-state index contributed by atoms with van der Waals surface area (Å²) >= 11 is 3.84. The highest BCUT2D eigenvalue weighted by Crippen LogP contribution is 2.48. The van der Waals surface area contributed by atoms with Gasteiger partial charge in [0.05, 0.1) is 11.0 Å². The molecular formula is C35H20N2S2. The Labute approximate surface area is 232 Å². The summed E-state index contributed by atoms with van der Waals surface area (Å²) in [5.41, 5.74) is 6.01. The van der Waals surface area contributed by atoms with Crippen LogP contribution in [-0.4, -0.2) is 9.55 Å². The molecule has 4 aromatic heterocycles. The number of nitrogens with zero attached hydrogens (tertiary/aromatic N) is 2. The maximum atomic E-state index is 4.20. The Morgan fingerprint density at radius 1 is 0.487 bits per heavy atom. The van der Waals surface area contributed by atoms with E-state index in [1.54, 1.807) is 0 Å². The van der Waals surface area contributed by atoms with Gasteiger partial charge >= 0.3 is 0 Å². The van der Waals surface area contributed by atoms with Crippen LogP contribution in [-0.2, 0) is 0 Å². The molecule has 0 aliphatic heterocycles. The Morgan fingerprint density at radius 3 is 2.15 bits per heavy atom. The van der Waals surface area contributed by atoms with Gasteiger partial charge in [0.1, 0.15) is 0 Å². The summed E-state index contributed by atoms with van der Waals surface area (Å²) in [5, 5.41) is 8.09.